The molecule has 2 aromatic rings. The van der Waals surface area contributed by atoms with Gasteiger partial charge in [0.25, 0.3) is 10.1 Å². The highest BCUT2D eigenvalue weighted by molar-refractivity contribution is 7.86. The van der Waals surface area contributed by atoms with E-state index in [4.69, 9.17) is 4.42 Å². The molecular weight excluding hydrogens is 448 g/mol. The van der Waals surface area contributed by atoms with Crippen LogP contribution in [0.4, 0.5) is 5.69 Å². The van der Waals surface area contributed by atoms with Crippen molar-refractivity contribution in [3.8, 4) is 22.5 Å². The summed E-state index contributed by atoms with van der Waals surface area (Å²) in [6.45, 7) is 5.86. The fourth-order valence-corrected chi connectivity index (χ4v) is 4.75. The lowest BCUT2D eigenvalue weighted by Crippen LogP contribution is -2.06. The molecule has 0 radical (unpaired) electrons. The Morgan fingerprint density at radius 2 is 1.74 bits per heavy atom. The van der Waals surface area contributed by atoms with Gasteiger partial charge >= 0.3 is 0 Å². The maximum absolute atomic E-state index is 12.2. The van der Waals surface area contributed by atoms with Crippen molar-refractivity contribution in [3.05, 3.63) is 66.0 Å². The molecular formula is C27H30N2O4S. The zero-order chi connectivity index (χ0) is 24.1. The van der Waals surface area contributed by atoms with Gasteiger partial charge in [-0.25, -0.2) is 0 Å². The first-order chi connectivity index (χ1) is 16.4. The van der Waals surface area contributed by atoms with Gasteiger partial charge in [0.2, 0.25) is 0 Å². The van der Waals surface area contributed by atoms with Crippen molar-refractivity contribution < 1.29 is 17.4 Å². The maximum Gasteiger partial charge on any atom is 0.295 e. The predicted molar refractivity (Wildman–Crippen MR) is 137 cm³/mol. The molecule has 0 spiro atoms. The van der Waals surface area contributed by atoms with Gasteiger partial charge in [0.05, 0.1) is 5.36 Å². The molecule has 1 aliphatic carbocycles. The molecule has 0 atom stereocenters. The number of nitrogens with one attached hydrogen (secondary N) is 1. The molecule has 2 N–H and O–H groups in total. The van der Waals surface area contributed by atoms with Gasteiger partial charge in [-0.1, -0.05) is 44.9 Å². The third-order valence-electron chi connectivity index (χ3n) is 5.81. The van der Waals surface area contributed by atoms with Crippen LogP contribution in [0, 0.1) is 0 Å². The Labute approximate surface area is 200 Å². The van der Waals surface area contributed by atoms with Crippen LogP contribution in [0.15, 0.2) is 75.0 Å². The summed E-state index contributed by atoms with van der Waals surface area (Å²) in [5.74, 6) is 0.607. The minimum absolute atomic E-state index is 0.134. The second kappa shape index (κ2) is 10.4. The van der Waals surface area contributed by atoms with Gasteiger partial charge in [0.15, 0.2) is 0 Å². The van der Waals surface area contributed by atoms with Crippen molar-refractivity contribution in [2.75, 3.05) is 18.4 Å². The first-order valence-corrected chi connectivity index (χ1v) is 13.2. The van der Waals surface area contributed by atoms with Gasteiger partial charge in [0.1, 0.15) is 16.2 Å². The van der Waals surface area contributed by atoms with Crippen molar-refractivity contribution in [3.63, 3.8) is 0 Å². The van der Waals surface area contributed by atoms with Gasteiger partial charge in [-0.3, -0.25) is 9.55 Å². The zero-order valence-corrected chi connectivity index (χ0v) is 20.4. The maximum atomic E-state index is 12.2. The van der Waals surface area contributed by atoms with Crippen LogP contribution < -0.4 is 10.7 Å². The molecule has 34 heavy (non-hydrogen) atoms. The third kappa shape index (κ3) is 5.16. The molecule has 0 saturated heterocycles. The first kappa shape index (κ1) is 24.0. The lowest BCUT2D eigenvalue weighted by molar-refractivity contribution is 0.483. The largest absolute Gasteiger partial charge is 0.456 e. The number of hydrogen-bond acceptors (Lipinski definition) is 5. The van der Waals surface area contributed by atoms with E-state index in [0.29, 0.717) is 22.5 Å². The SMILES string of the molecule is CCCCN=c1ccc2c(-c3ccccc3S(=O)(=O)O)c3ccc(NCCCC)cc3oc-2c1. The summed E-state index contributed by atoms with van der Waals surface area (Å²) >= 11 is 0. The Balaban J connectivity index is 1.99. The van der Waals surface area contributed by atoms with Crippen LogP contribution in [0.25, 0.3) is 33.4 Å². The highest BCUT2D eigenvalue weighted by Crippen LogP contribution is 2.42. The average Bonchev–Trinajstić information content (AvgIpc) is 2.82. The Hall–Kier alpha value is -3.16. The van der Waals surface area contributed by atoms with Gasteiger partial charge < -0.3 is 9.73 Å². The minimum atomic E-state index is -4.43. The summed E-state index contributed by atoms with van der Waals surface area (Å²) in [6, 6.07) is 18.0. The van der Waals surface area contributed by atoms with E-state index in [-0.39, 0.29) is 4.90 Å². The predicted octanol–water partition coefficient (Wildman–Crippen LogP) is 6.36. The zero-order valence-electron chi connectivity index (χ0n) is 19.5. The van der Waals surface area contributed by atoms with Crippen LogP contribution in [0.5, 0.6) is 0 Å². The molecule has 4 rings (SSSR count). The topological polar surface area (TPSA) is 91.9 Å². The van der Waals surface area contributed by atoms with Gasteiger partial charge in [-0.15, -0.1) is 0 Å². The van der Waals surface area contributed by atoms with Crippen LogP contribution in [0.1, 0.15) is 39.5 Å². The summed E-state index contributed by atoms with van der Waals surface area (Å²) in [5, 5.41) is 4.99. The molecule has 0 saturated carbocycles. The van der Waals surface area contributed by atoms with Gasteiger partial charge in [-0.05, 0) is 43.2 Å². The second-order valence-electron chi connectivity index (χ2n) is 8.36. The Bertz CT molecular complexity index is 1440. The Morgan fingerprint density at radius 1 is 0.941 bits per heavy atom. The van der Waals surface area contributed by atoms with Crippen molar-refractivity contribution >= 4 is 26.8 Å². The molecule has 7 heteroatoms. The standard InChI is InChI=1S/C27H30N2O4S/c1-3-5-15-28-19-11-13-21-24(17-19)33-25-18-20(29-16-6-4-2)12-14-22(25)27(21)23-9-7-8-10-26(23)34(30,31)32/h7-14,17-18,28H,3-6,15-16H2,1-2H3,(H,30,31,32). The number of hydrogen-bond donors (Lipinski definition) is 2. The van der Waals surface area contributed by atoms with Crippen molar-refractivity contribution in [1.29, 1.82) is 0 Å². The fraction of sp³-hybridized carbons (Fsp3) is 0.296. The average molecular weight is 479 g/mol. The van der Waals surface area contributed by atoms with E-state index < -0.39 is 10.1 Å². The normalized spacial score (nSPS) is 12.5. The van der Waals surface area contributed by atoms with Crippen LogP contribution in [0.2, 0.25) is 0 Å². The van der Waals surface area contributed by atoms with E-state index in [1.807, 2.05) is 36.4 Å². The molecule has 2 aromatic carbocycles. The number of anilines is 1. The number of nitrogens with zero attached hydrogens (tertiary/aromatic N) is 1. The molecule has 1 aliphatic heterocycles. The first-order valence-electron chi connectivity index (χ1n) is 11.7. The van der Waals surface area contributed by atoms with Crippen LogP contribution in [0.3, 0.4) is 0 Å². The number of fused-ring (bicyclic) bond motifs is 2. The molecule has 0 bridgehead atoms. The second-order valence-corrected chi connectivity index (χ2v) is 9.75. The van der Waals surface area contributed by atoms with Crippen LogP contribution in [-0.2, 0) is 10.1 Å². The summed E-state index contributed by atoms with van der Waals surface area (Å²) in [5.41, 5.74) is 3.44. The van der Waals surface area contributed by atoms with Crippen LogP contribution >= 0.6 is 0 Å². The smallest absolute Gasteiger partial charge is 0.295 e. The minimum Gasteiger partial charge on any atom is -0.456 e. The third-order valence-corrected chi connectivity index (χ3v) is 6.72. The number of rotatable bonds is 9. The van der Waals surface area contributed by atoms with E-state index in [2.05, 4.69) is 24.2 Å². The number of benzene rings is 3. The molecule has 0 aromatic heterocycles. The van der Waals surface area contributed by atoms with Crippen LogP contribution in [-0.4, -0.2) is 26.1 Å². The number of unbranched alkanes of at least 4 members (excludes halogenated alkanes) is 2. The lowest BCUT2D eigenvalue weighted by Gasteiger charge is -2.18. The van der Waals surface area contributed by atoms with E-state index in [9.17, 15) is 13.0 Å². The Morgan fingerprint density at radius 3 is 2.50 bits per heavy atom. The quantitative estimate of drug-likeness (QED) is 0.166. The van der Waals surface area contributed by atoms with Crippen molar-refractivity contribution in [2.24, 2.45) is 4.99 Å². The van der Waals surface area contributed by atoms with Crippen molar-refractivity contribution in [2.45, 2.75) is 44.4 Å². The molecule has 2 aliphatic rings. The summed E-state index contributed by atoms with van der Waals surface area (Å²) in [6.07, 6.45) is 4.22. The van der Waals surface area contributed by atoms with Gasteiger partial charge in [-0.2, -0.15) is 8.42 Å². The lowest BCUT2D eigenvalue weighted by atomic mass is 9.93. The summed E-state index contributed by atoms with van der Waals surface area (Å²) in [4.78, 5) is 4.51. The van der Waals surface area contributed by atoms with E-state index in [1.165, 1.54) is 6.07 Å². The fourth-order valence-electron chi connectivity index (χ4n) is 4.05. The van der Waals surface area contributed by atoms with Crippen molar-refractivity contribution in [1.82, 2.24) is 0 Å². The summed E-state index contributed by atoms with van der Waals surface area (Å²) in [7, 11) is -4.43. The Kier molecular flexibility index (Phi) is 7.34. The van der Waals surface area contributed by atoms with Gasteiger partial charge in [0, 0.05) is 53.0 Å². The molecule has 0 fully saturated rings. The highest BCUT2D eigenvalue weighted by Gasteiger charge is 2.23. The molecule has 178 valence electrons. The molecule has 0 unspecified atom stereocenters. The monoisotopic (exact) mass is 478 g/mol. The van der Waals surface area contributed by atoms with E-state index in [1.54, 1.807) is 18.2 Å². The molecule has 1 heterocycles. The molecule has 0 amide bonds. The molecule has 6 nitrogen and oxygen atoms in total. The van der Waals surface area contributed by atoms with E-state index >= 15 is 0 Å². The van der Waals surface area contributed by atoms with E-state index in [0.717, 1.165) is 60.8 Å². The summed E-state index contributed by atoms with van der Waals surface area (Å²) < 4.78 is 40.7. The highest BCUT2D eigenvalue weighted by atomic mass is 32.2.